The Bertz CT molecular complexity index is 794. The fraction of sp³-hybridized carbons (Fsp3) is 0.211. The van der Waals surface area contributed by atoms with Crippen molar-refractivity contribution in [1.82, 2.24) is 5.32 Å². The van der Waals surface area contributed by atoms with Crippen LogP contribution in [-0.4, -0.2) is 23.6 Å². The van der Waals surface area contributed by atoms with Gasteiger partial charge in [-0.1, -0.05) is 43.7 Å². The highest BCUT2D eigenvalue weighted by Crippen LogP contribution is 2.22. The maximum Gasteiger partial charge on any atom is 0.413 e. The summed E-state index contributed by atoms with van der Waals surface area (Å²) >= 11 is 5.09. The molecule has 136 valence electrons. The van der Waals surface area contributed by atoms with Crippen molar-refractivity contribution >= 4 is 40.6 Å². The first kappa shape index (κ1) is 19.4. The molecule has 0 fully saturated rings. The summed E-state index contributed by atoms with van der Waals surface area (Å²) in [6.07, 6.45) is 1.07. The van der Waals surface area contributed by atoms with Gasteiger partial charge in [0.15, 0.2) is 10.9 Å². The van der Waals surface area contributed by atoms with Gasteiger partial charge in [-0.25, -0.2) is 4.79 Å². The first-order chi connectivity index (χ1) is 12.5. The second kappa shape index (κ2) is 9.53. The van der Waals surface area contributed by atoms with Gasteiger partial charge in [0.25, 0.3) is 0 Å². The van der Waals surface area contributed by atoms with E-state index in [1.807, 2.05) is 13.0 Å². The van der Waals surface area contributed by atoms with Crippen molar-refractivity contribution in [3.63, 3.8) is 0 Å². The van der Waals surface area contributed by atoms with Crippen LogP contribution >= 0.6 is 12.2 Å². The summed E-state index contributed by atoms with van der Waals surface area (Å²) in [6.45, 7) is 2.33. The molecule has 2 rings (SSSR count). The third kappa shape index (κ3) is 5.56. The fourth-order valence-electron chi connectivity index (χ4n) is 2.15. The molecule has 0 atom stereocenters. The molecular weight excluding hydrogens is 350 g/mol. The average Bonchev–Trinajstić information content (AvgIpc) is 2.64. The Labute approximate surface area is 157 Å². The Hall–Kier alpha value is -2.93. The van der Waals surface area contributed by atoms with Gasteiger partial charge >= 0.3 is 6.09 Å². The Morgan fingerprint density at radius 3 is 2.54 bits per heavy atom. The molecule has 0 saturated heterocycles. The monoisotopic (exact) mass is 371 g/mol. The third-order valence-corrected chi connectivity index (χ3v) is 3.75. The Balaban J connectivity index is 2.04. The smallest absolute Gasteiger partial charge is 0.413 e. The van der Waals surface area contributed by atoms with E-state index in [4.69, 9.17) is 22.7 Å². The minimum absolute atomic E-state index is 0.0440. The molecule has 0 aliphatic heterocycles. The first-order valence-corrected chi connectivity index (χ1v) is 8.66. The highest BCUT2D eigenvalue weighted by Gasteiger charge is 2.12. The topological polar surface area (TPSA) is 93.5 Å². The van der Waals surface area contributed by atoms with Crippen molar-refractivity contribution in [1.29, 1.82) is 0 Å². The molecule has 0 heterocycles. The van der Waals surface area contributed by atoms with Gasteiger partial charge in [0.1, 0.15) is 0 Å². The highest BCUT2D eigenvalue weighted by atomic mass is 32.1. The van der Waals surface area contributed by atoms with E-state index in [1.54, 1.807) is 42.5 Å². The zero-order chi connectivity index (χ0) is 18.9. The number of unbranched alkanes of at least 4 members (excludes halogenated alkanes) is 1. The molecule has 0 aliphatic rings. The summed E-state index contributed by atoms with van der Waals surface area (Å²) in [7, 11) is 0. The van der Waals surface area contributed by atoms with Crippen molar-refractivity contribution in [2.45, 2.75) is 19.8 Å². The summed E-state index contributed by atoms with van der Waals surface area (Å²) in [5, 5.41) is 5.28. The van der Waals surface area contributed by atoms with Crippen LogP contribution in [0.4, 0.5) is 16.2 Å². The lowest BCUT2D eigenvalue weighted by molar-refractivity contribution is 0.103. The predicted octanol–water partition coefficient (Wildman–Crippen LogP) is 3.72. The number of carbonyl (C=O) groups is 2. The standard InChI is InChI=1S/C19H21N3O3S/c1-2-3-11-25-19(24)22-18(26)21-16-12-14(9-10-15(16)20)17(23)13-7-5-4-6-8-13/h4-10,12H,2-3,11,20H2,1H3,(H2,21,22,24,26). The Morgan fingerprint density at radius 1 is 1.12 bits per heavy atom. The predicted molar refractivity (Wildman–Crippen MR) is 106 cm³/mol. The molecule has 0 saturated carbocycles. The molecule has 1 amide bonds. The molecule has 0 aromatic heterocycles. The molecular formula is C19H21N3O3S. The summed E-state index contributed by atoms with van der Waals surface area (Å²) in [6, 6.07) is 13.8. The molecule has 2 aromatic carbocycles. The number of rotatable bonds is 6. The maximum absolute atomic E-state index is 12.5. The zero-order valence-electron chi connectivity index (χ0n) is 14.5. The van der Waals surface area contributed by atoms with E-state index in [0.717, 1.165) is 12.8 Å². The van der Waals surface area contributed by atoms with E-state index in [1.165, 1.54) is 0 Å². The first-order valence-electron chi connectivity index (χ1n) is 8.25. The number of hydrogen-bond donors (Lipinski definition) is 3. The molecule has 26 heavy (non-hydrogen) atoms. The normalized spacial score (nSPS) is 10.0. The lowest BCUT2D eigenvalue weighted by Gasteiger charge is -2.13. The summed E-state index contributed by atoms with van der Waals surface area (Å²) < 4.78 is 4.98. The molecule has 0 unspecified atom stereocenters. The zero-order valence-corrected chi connectivity index (χ0v) is 15.3. The van der Waals surface area contributed by atoms with Crippen LogP contribution in [0.25, 0.3) is 0 Å². The van der Waals surface area contributed by atoms with E-state index in [9.17, 15) is 9.59 Å². The molecule has 0 aliphatic carbocycles. The van der Waals surface area contributed by atoms with Gasteiger partial charge in [0.2, 0.25) is 0 Å². The number of anilines is 2. The van der Waals surface area contributed by atoms with Gasteiger partial charge < -0.3 is 15.8 Å². The van der Waals surface area contributed by atoms with Crippen LogP contribution in [0.2, 0.25) is 0 Å². The van der Waals surface area contributed by atoms with Crippen molar-refractivity contribution in [3.05, 3.63) is 59.7 Å². The molecule has 0 spiro atoms. The van der Waals surface area contributed by atoms with Gasteiger partial charge in [-0.3, -0.25) is 10.1 Å². The number of thiocarbonyl (C=S) groups is 1. The van der Waals surface area contributed by atoms with Crippen LogP contribution in [0.3, 0.4) is 0 Å². The number of carbonyl (C=O) groups excluding carboxylic acids is 2. The second-order valence-corrected chi connectivity index (χ2v) is 5.97. The molecule has 4 N–H and O–H groups in total. The van der Waals surface area contributed by atoms with Gasteiger partial charge in [-0.15, -0.1) is 0 Å². The lowest BCUT2D eigenvalue weighted by Crippen LogP contribution is -2.35. The van der Waals surface area contributed by atoms with E-state index < -0.39 is 6.09 Å². The second-order valence-electron chi connectivity index (χ2n) is 5.57. The minimum atomic E-state index is -0.633. The van der Waals surface area contributed by atoms with Crippen molar-refractivity contribution in [3.8, 4) is 0 Å². The minimum Gasteiger partial charge on any atom is -0.449 e. The van der Waals surface area contributed by atoms with Crippen LogP contribution in [0.15, 0.2) is 48.5 Å². The fourth-order valence-corrected chi connectivity index (χ4v) is 2.35. The van der Waals surface area contributed by atoms with Crippen LogP contribution in [-0.2, 0) is 4.74 Å². The number of hydrogen-bond acceptors (Lipinski definition) is 5. The van der Waals surface area contributed by atoms with Gasteiger partial charge in [0.05, 0.1) is 18.0 Å². The molecule has 2 aromatic rings. The van der Waals surface area contributed by atoms with Crippen molar-refractivity contribution in [2.75, 3.05) is 17.7 Å². The number of nitrogens with two attached hydrogens (primary N) is 1. The number of ether oxygens (including phenoxy) is 1. The largest absolute Gasteiger partial charge is 0.449 e. The van der Waals surface area contributed by atoms with Crippen LogP contribution < -0.4 is 16.4 Å². The average molecular weight is 371 g/mol. The number of nitrogens with one attached hydrogen (secondary N) is 2. The quantitative estimate of drug-likeness (QED) is 0.310. The van der Waals surface area contributed by atoms with Crippen LogP contribution in [0.5, 0.6) is 0 Å². The SMILES string of the molecule is CCCCOC(=O)NC(=S)Nc1cc(C(=O)c2ccccc2)ccc1N. The van der Waals surface area contributed by atoms with E-state index in [-0.39, 0.29) is 10.9 Å². The molecule has 0 radical (unpaired) electrons. The number of ketones is 1. The molecule has 0 bridgehead atoms. The van der Waals surface area contributed by atoms with Crippen molar-refractivity contribution < 1.29 is 14.3 Å². The van der Waals surface area contributed by atoms with Crippen LogP contribution in [0, 0.1) is 0 Å². The van der Waals surface area contributed by atoms with E-state index >= 15 is 0 Å². The summed E-state index contributed by atoms with van der Waals surface area (Å²) in [5.41, 5.74) is 7.80. The highest BCUT2D eigenvalue weighted by molar-refractivity contribution is 7.80. The Kier molecular flexibility index (Phi) is 7.11. The number of nitrogen functional groups attached to an aromatic ring is 1. The lowest BCUT2D eigenvalue weighted by atomic mass is 10.0. The summed E-state index contributed by atoms with van der Waals surface area (Å²) in [4.78, 5) is 24.1. The Morgan fingerprint density at radius 2 is 1.85 bits per heavy atom. The number of alkyl carbamates (subject to hydrolysis) is 1. The maximum atomic E-state index is 12.5. The summed E-state index contributed by atoms with van der Waals surface area (Å²) in [5.74, 6) is -0.133. The molecule has 6 nitrogen and oxygen atoms in total. The molecule has 7 heteroatoms. The van der Waals surface area contributed by atoms with Gasteiger partial charge in [0, 0.05) is 11.1 Å². The van der Waals surface area contributed by atoms with E-state index in [2.05, 4.69) is 10.6 Å². The van der Waals surface area contributed by atoms with Crippen LogP contribution in [0.1, 0.15) is 35.7 Å². The van der Waals surface area contributed by atoms with E-state index in [0.29, 0.717) is 29.1 Å². The third-order valence-electron chi connectivity index (χ3n) is 3.55. The van der Waals surface area contributed by atoms with Crippen molar-refractivity contribution in [2.24, 2.45) is 0 Å². The number of benzene rings is 2. The van der Waals surface area contributed by atoms with Gasteiger partial charge in [-0.05, 0) is 36.8 Å². The number of amides is 1. The van der Waals surface area contributed by atoms with Gasteiger partial charge in [-0.2, -0.15) is 0 Å².